The standard InChI is InChI=1S/C24H21N3/c1-17-9-8-10-18(2)22(17)20-13-6-7-14-21(20)23-24(26-16-15-25-23)27-19-11-4-3-5-12-19/h3-16H,1-2H3,(H,26,27). The van der Waals surface area contributed by atoms with Gasteiger partial charge < -0.3 is 5.32 Å². The van der Waals surface area contributed by atoms with E-state index >= 15 is 0 Å². The number of nitrogens with one attached hydrogen (secondary N) is 1. The number of aryl methyl sites for hydroxylation is 2. The lowest BCUT2D eigenvalue weighted by Crippen LogP contribution is -2.00. The number of para-hydroxylation sites is 1. The molecule has 3 heteroatoms. The second-order valence-corrected chi connectivity index (χ2v) is 6.56. The number of benzene rings is 3. The van der Waals surface area contributed by atoms with Gasteiger partial charge in [0.25, 0.3) is 0 Å². The SMILES string of the molecule is Cc1cccc(C)c1-c1ccccc1-c1nccnc1Nc1ccccc1. The Kier molecular flexibility index (Phi) is 4.67. The van der Waals surface area contributed by atoms with Crippen molar-refractivity contribution < 1.29 is 0 Å². The maximum Gasteiger partial charge on any atom is 0.157 e. The van der Waals surface area contributed by atoms with E-state index in [0.717, 1.165) is 22.8 Å². The van der Waals surface area contributed by atoms with E-state index in [9.17, 15) is 0 Å². The molecule has 0 amide bonds. The average Bonchev–Trinajstić information content (AvgIpc) is 2.70. The number of aromatic nitrogens is 2. The molecule has 27 heavy (non-hydrogen) atoms. The normalized spacial score (nSPS) is 10.6. The Bertz CT molecular complexity index is 1050. The first kappa shape index (κ1) is 17.0. The second-order valence-electron chi connectivity index (χ2n) is 6.56. The number of hydrogen-bond acceptors (Lipinski definition) is 3. The molecule has 0 atom stereocenters. The topological polar surface area (TPSA) is 37.8 Å². The van der Waals surface area contributed by atoms with Gasteiger partial charge >= 0.3 is 0 Å². The van der Waals surface area contributed by atoms with Gasteiger partial charge in [0.05, 0.1) is 0 Å². The minimum Gasteiger partial charge on any atom is -0.338 e. The molecule has 1 N–H and O–H groups in total. The highest BCUT2D eigenvalue weighted by atomic mass is 15.0. The summed E-state index contributed by atoms with van der Waals surface area (Å²) in [6.07, 6.45) is 3.46. The zero-order valence-electron chi connectivity index (χ0n) is 15.5. The lowest BCUT2D eigenvalue weighted by molar-refractivity contribution is 1.20. The molecule has 3 aromatic carbocycles. The quantitative estimate of drug-likeness (QED) is 0.478. The van der Waals surface area contributed by atoms with Crippen LogP contribution in [0.3, 0.4) is 0 Å². The van der Waals surface area contributed by atoms with Gasteiger partial charge in [-0.25, -0.2) is 4.98 Å². The molecule has 4 rings (SSSR count). The minimum atomic E-state index is 0.752. The van der Waals surface area contributed by atoms with E-state index in [1.54, 1.807) is 12.4 Å². The number of nitrogens with zero attached hydrogens (tertiary/aromatic N) is 2. The fourth-order valence-electron chi connectivity index (χ4n) is 3.43. The van der Waals surface area contributed by atoms with Crippen molar-refractivity contribution in [3.63, 3.8) is 0 Å². The number of rotatable bonds is 4. The molecule has 3 nitrogen and oxygen atoms in total. The van der Waals surface area contributed by atoms with E-state index in [-0.39, 0.29) is 0 Å². The minimum absolute atomic E-state index is 0.752. The zero-order valence-corrected chi connectivity index (χ0v) is 15.5. The number of anilines is 2. The van der Waals surface area contributed by atoms with Crippen LogP contribution in [0.4, 0.5) is 11.5 Å². The van der Waals surface area contributed by atoms with E-state index in [1.165, 1.54) is 22.3 Å². The molecule has 0 saturated carbocycles. The Balaban J connectivity index is 1.87. The fourth-order valence-corrected chi connectivity index (χ4v) is 3.43. The van der Waals surface area contributed by atoms with Crippen LogP contribution < -0.4 is 5.32 Å². The van der Waals surface area contributed by atoms with Crippen molar-refractivity contribution in [1.82, 2.24) is 9.97 Å². The van der Waals surface area contributed by atoms with Crippen molar-refractivity contribution in [2.45, 2.75) is 13.8 Å². The molecule has 0 bridgehead atoms. The van der Waals surface area contributed by atoms with Crippen LogP contribution in [0.5, 0.6) is 0 Å². The lowest BCUT2D eigenvalue weighted by atomic mass is 9.91. The third-order valence-corrected chi connectivity index (χ3v) is 4.67. The maximum absolute atomic E-state index is 4.67. The van der Waals surface area contributed by atoms with Crippen LogP contribution >= 0.6 is 0 Å². The van der Waals surface area contributed by atoms with Crippen LogP contribution in [0.2, 0.25) is 0 Å². The Morgan fingerprint density at radius 3 is 2.00 bits per heavy atom. The largest absolute Gasteiger partial charge is 0.338 e. The number of hydrogen-bond donors (Lipinski definition) is 1. The molecular formula is C24H21N3. The Morgan fingerprint density at radius 1 is 0.630 bits per heavy atom. The van der Waals surface area contributed by atoms with Crippen molar-refractivity contribution in [3.05, 3.63) is 96.3 Å². The highest BCUT2D eigenvalue weighted by Gasteiger charge is 2.15. The van der Waals surface area contributed by atoms with Gasteiger partial charge in [-0.2, -0.15) is 0 Å². The predicted octanol–water partition coefficient (Wildman–Crippen LogP) is 6.17. The van der Waals surface area contributed by atoms with Gasteiger partial charge in [-0.3, -0.25) is 4.98 Å². The molecule has 0 aliphatic heterocycles. The van der Waals surface area contributed by atoms with Crippen LogP contribution in [0.1, 0.15) is 11.1 Å². The van der Waals surface area contributed by atoms with Crippen molar-refractivity contribution in [1.29, 1.82) is 0 Å². The van der Waals surface area contributed by atoms with E-state index in [4.69, 9.17) is 0 Å². The van der Waals surface area contributed by atoms with E-state index in [2.05, 4.69) is 65.5 Å². The first-order chi connectivity index (χ1) is 13.2. The summed E-state index contributed by atoms with van der Waals surface area (Å²) in [6, 6.07) is 24.8. The Hall–Kier alpha value is -3.46. The van der Waals surface area contributed by atoms with Crippen LogP contribution in [-0.2, 0) is 0 Å². The zero-order chi connectivity index (χ0) is 18.6. The molecule has 4 aromatic rings. The summed E-state index contributed by atoms with van der Waals surface area (Å²) in [5.74, 6) is 0.752. The first-order valence-corrected chi connectivity index (χ1v) is 9.03. The summed E-state index contributed by atoms with van der Waals surface area (Å²) in [5, 5.41) is 3.41. The fraction of sp³-hybridized carbons (Fsp3) is 0.0833. The second kappa shape index (κ2) is 7.42. The molecule has 1 heterocycles. The summed E-state index contributed by atoms with van der Waals surface area (Å²) in [4.78, 5) is 9.22. The van der Waals surface area contributed by atoms with E-state index in [0.29, 0.717) is 0 Å². The molecule has 0 aliphatic rings. The van der Waals surface area contributed by atoms with Gasteiger partial charge in [0.2, 0.25) is 0 Å². The Labute approximate surface area is 159 Å². The summed E-state index contributed by atoms with van der Waals surface area (Å²) < 4.78 is 0. The molecule has 0 fully saturated rings. The van der Waals surface area contributed by atoms with Gasteiger partial charge in [0.1, 0.15) is 5.69 Å². The summed E-state index contributed by atoms with van der Waals surface area (Å²) in [6.45, 7) is 4.30. The smallest absolute Gasteiger partial charge is 0.157 e. The van der Waals surface area contributed by atoms with Crippen molar-refractivity contribution >= 4 is 11.5 Å². The highest BCUT2D eigenvalue weighted by Crippen LogP contribution is 2.37. The lowest BCUT2D eigenvalue weighted by Gasteiger charge is -2.16. The van der Waals surface area contributed by atoms with Gasteiger partial charge in [-0.15, -0.1) is 0 Å². The van der Waals surface area contributed by atoms with Crippen LogP contribution in [-0.4, -0.2) is 9.97 Å². The van der Waals surface area contributed by atoms with Crippen LogP contribution in [0.25, 0.3) is 22.4 Å². The maximum atomic E-state index is 4.67. The third-order valence-electron chi connectivity index (χ3n) is 4.67. The van der Waals surface area contributed by atoms with Gasteiger partial charge in [-0.1, -0.05) is 60.7 Å². The molecule has 0 spiro atoms. The Morgan fingerprint density at radius 2 is 1.26 bits per heavy atom. The van der Waals surface area contributed by atoms with Crippen LogP contribution in [0.15, 0.2) is 85.2 Å². The van der Waals surface area contributed by atoms with Crippen molar-refractivity contribution in [3.8, 4) is 22.4 Å². The van der Waals surface area contributed by atoms with Crippen molar-refractivity contribution in [2.75, 3.05) is 5.32 Å². The molecule has 0 aliphatic carbocycles. The van der Waals surface area contributed by atoms with Gasteiger partial charge in [0, 0.05) is 23.6 Å². The highest BCUT2D eigenvalue weighted by molar-refractivity contribution is 5.89. The molecular weight excluding hydrogens is 330 g/mol. The van der Waals surface area contributed by atoms with Crippen molar-refractivity contribution in [2.24, 2.45) is 0 Å². The first-order valence-electron chi connectivity index (χ1n) is 9.03. The predicted molar refractivity (Wildman–Crippen MR) is 112 cm³/mol. The molecule has 0 radical (unpaired) electrons. The van der Waals surface area contributed by atoms with Gasteiger partial charge in [-0.05, 0) is 48.2 Å². The molecule has 0 unspecified atom stereocenters. The van der Waals surface area contributed by atoms with E-state index in [1.807, 2.05) is 36.4 Å². The average molecular weight is 351 g/mol. The molecule has 132 valence electrons. The van der Waals surface area contributed by atoms with Gasteiger partial charge in [0.15, 0.2) is 5.82 Å². The monoisotopic (exact) mass is 351 g/mol. The third kappa shape index (κ3) is 3.44. The molecule has 0 saturated heterocycles. The summed E-state index contributed by atoms with van der Waals surface area (Å²) >= 11 is 0. The van der Waals surface area contributed by atoms with E-state index < -0.39 is 0 Å². The summed E-state index contributed by atoms with van der Waals surface area (Å²) in [5.41, 5.74) is 7.84. The summed E-state index contributed by atoms with van der Waals surface area (Å²) in [7, 11) is 0. The molecule has 1 aromatic heterocycles. The van der Waals surface area contributed by atoms with Crippen LogP contribution in [0, 0.1) is 13.8 Å².